The highest BCUT2D eigenvalue weighted by atomic mass is 19.4. The van der Waals surface area contributed by atoms with Crippen molar-refractivity contribution in [1.29, 1.82) is 5.26 Å². The zero-order valence-corrected chi connectivity index (χ0v) is 13.7. The molecule has 0 aliphatic carbocycles. The maximum Gasteiger partial charge on any atom is 0.416 e. The van der Waals surface area contributed by atoms with Crippen LogP contribution in [0.3, 0.4) is 0 Å². The van der Waals surface area contributed by atoms with E-state index in [9.17, 15) is 22.8 Å². The number of nitrogens with one attached hydrogen (secondary N) is 1. The van der Waals surface area contributed by atoms with E-state index in [-0.39, 0.29) is 12.0 Å². The number of benzene rings is 1. The van der Waals surface area contributed by atoms with Gasteiger partial charge < -0.3 is 10.1 Å². The Morgan fingerprint density at radius 3 is 2.64 bits per heavy atom. The second-order valence-electron chi connectivity index (χ2n) is 5.42. The van der Waals surface area contributed by atoms with Gasteiger partial charge in [-0.15, -0.1) is 0 Å². The maximum absolute atomic E-state index is 12.7. The fraction of sp³-hybridized carbons (Fsp3) is 0.471. The lowest BCUT2D eigenvalue weighted by Crippen LogP contribution is -2.42. The molecule has 0 fully saturated rings. The van der Waals surface area contributed by atoms with Crippen LogP contribution in [0, 0.1) is 11.3 Å². The monoisotopic (exact) mass is 356 g/mol. The SMILES string of the molecule is COC(=O)[C@H](CCCCC#N)NC(=O)Cc1cccc(C(F)(F)F)c1. The Bertz CT molecular complexity index is 639. The van der Waals surface area contributed by atoms with Crippen molar-refractivity contribution in [1.82, 2.24) is 5.32 Å². The lowest BCUT2D eigenvalue weighted by atomic mass is 10.1. The first kappa shape index (κ1) is 20.5. The molecule has 0 aliphatic rings. The first-order valence-electron chi connectivity index (χ1n) is 7.68. The lowest BCUT2D eigenvalue weighted by molar-refractivity contribution is -0.145. The van der Waals surface area contributed by atoms with Gasteiger partial charge in [0.1, 0.15) is 6.04 Å². The average Bonchev–Trinajstić information content (AvgIpc) is 2.56. The van der Waals surface area contributed by atoms with E-state index < -0.39 is 29.7 Å². The number of amides is 1. The van der Waals surface area contributed by atoms with Gasteiger partial charge in [-0.05, 0) is 30.9 Å². The fourth-order valence-electron chi connectivity index (χ4n) is 2.23. The summed E-state index contributed by atoms with van der Waals surface area (Å²) in [5, 5.41) is 11.0. The number of halogens is 3. The van der Waals surface area contributed by atoms with Crippen molar-refractivity contribution in [2.75, 3.05) is 7.11 Å². The van der Waals surface area contributed by atoms with Gasteiger partial charge in [-0.25, -0.2) is 4.79 Å². The van der Waals surface area contributed by atoms with Crippen LogP contribution in [-0.2, 0) is 26.9 Å². The number of carbonyl (C=O) groups is 2. The molecular weight excluding hydrogens is 337 g/mol. The van der Waals surface area contributed by atoms with Crippen LogP contribution in [0.4, 0.5) is 13.2 Å². The number of alkyl halides is 3. The highest BCUT2D eigenvalue weighted by Crippen LogP contribution is 2.29. The van der Waals surface area contributed by atoms with Crippen LogP contribution in [-0.4, -0.2) is 25.0 Å². The summed E-state index contributed by atoms with van der Waals surface area (Å²) < 4.78 is 42.7. The van der Waals surface area contributed by atoms with Gasteiger partial charge in [0, 0.05) is 6.42 Å². The molecule has 0 spiro atoms. The van der Waals surface area contributed by atoms with Gasteiger partial charge >= 0.3 is 12.1 Å². The van der Waals surface area contributed by atoms with Gasteiger partial charge in [-0.1, -0.05) is 18.2 Å². The third-order valence-electron chi connectivity index (χ3n) is 3.47. The Morgan fingerprint density at radius 1 is 1.32 bits per heavy atom. The number of methoxy groups -OCH3 is 1. The molecule has 0 saturated carbocycles. The molecule has 1 aromatic carbocycles. The minimum absolute atomic E-state index is 0.195. The van der Waals surface area contributed by atoms with Crippen molar-refractivity contribution in [3.05, 3.63) is 35.4 Å². The van der Waals surface area contributed by atoms with Gasteiger partial charge in [0.2, 0.25) is 5.91 Å². The summed E-state index contributed by atoms with van der Waals surface area (Å²) in [7, 11) is 1.18. The largest absolute Gasteiger partial charge is 0.467 e. The van der Waals surface area contributed by atoms with E-state index in [1.807, 2.05) is 6.07 Å². The zero-order valence-electron chi connectivity index (χ0n) is 13.7. The Labute approximate surface area is 143 Å². The number of ether oxygens (including phenoxy) is 1. The summed E-state index contributed by atoms with van der Waals surface area (Å²) in [4.78, 5) is 23.7. The van der Waals surface area contributed by atoms with E-state index in [0.29, 0.717) is 25.7 Å². The van der Waals surface area contributed by atoms with Gasteiger partial charge in [0.25, 0.3) is 0 Å². The number of nitrogens with zero attached hydrogens (tertiary/aromatic N) is 1. The molecule has 8 heteroatoms. The van der Waals surface area contributed by atoms with E-state index in [4.69, 9.17) is 5.26 Å². The smallest absolute Gasteiger partial charge is 0.416 e. The quantitative estimate of drug-likeness (QED) is 0.574. The Morgan fingerprint density at radius 2 is 2.04 bits per heavy atom. The van der Waals surface area contributed by atoms with Crippen molar-refractivity contribution >= 4 is 11.9 Å². The number of rotatable bonds is 8. The van der Waals surface area contributed by atoms with Gasteiger partial charge in [-0.2, -0.15) is 18.4 Å². The first-order valence-corrected chi connectivity index (χ1v) is 7.68. The van der Waals surface area contributed by atoms with Crippen LogP contribution in [0.1, 0.15) is 36.8 Å². The summed E-state index contributed by atoms with van der Waals surface area (Å²) in [6.45, 7) is 0. The van der Waals surface area contributed by atoms with Crippen LogP contribution in [0.2, 0.25) is 0 Å². The molecule has 5 nitrogen and oxygen atoms in total. The van der Waals surface area contributed by atoms with Crippen LogP contribution < -0.4 is 5.32 Å². The van der Waals surface area contributed by atoms with Crippen LogP contribution in [0.15, 0.2) is 24.3 Å². The van der Waals surface area contributed by atoms with E-state index in [1.165, 1.54) is 19.2 Å². The number of carbonyl (C=O) groups excluding carboxylic acids is 2. The number of unbranched alkanes of at least 4 members (excludes halogenated alkanes) is 2. The van der Waals surface area contributed by atoms with Crippen molar-refractivity contribution < 1.29 is 27.5 Å². The molecule has 0 aliphatic heterocycles. The molecule has 1 amide bonds. The molecule has 0 unspecified atom stereocenters. The van der Waals surface area contributed by atoms with Crippen molar-refractivity contribution in [2.24, 2.45) is 0 Å². The van der Waals surface area contributed by atoms with E-state index in [2.05, 4.69) is 10.1 Å². The minimum Gasteiger partial charge on any atom is -0.467 e. The standard InChI is InChI=1S/C17H19F3N2O3/c1-25-16(24)14(8-3-2-4-9-21)22-15(23)11-12-6-5-7-13(10-12)17(18,19)20/h5-7,10,14H,2-4,8,11H2,1H3,(H,22,23)/t14-/m0/s1. The van der Waals surface area contributed by atoms with Crippen molar-refractivity contribution in [3.8, 4) is 6.07 Å². The summed E-state index contributed by atoms with van der Waals surface area (Å²) in [6, 6.07) is 5.56. The van der Waals surface area contributed by atoms with E-state index >= 15 is 0 Å². The van der Waals surface area contributed by atoms with Crippen LogP contribution in [0.5, 0.6) is 0 Å². The molecule has 136 valence electrons. The third kappa shape index (κ3) is 7.25. The molecule has 1 atom stereocenters. The molecule has 0 heterocycles. The highest BCUT2D eigenvalue weighted by molar-refractivity contribution is 5.85. The molecule has 0 saturated heterocycles. The molecule has 1 aromatic rings. The topological polar surface area (TPSA) is 79.2 Å². The summed E-state index contributed by atoms with van der Waals surface area (Å²) in [5.41, 5.74) is -0.640. The normalized spacial score (nSPS) is 12.1. The number of esters is 1. The van der Waals surface area contributed by atoms with E-state index in [1.54, 1.807) is 0 Å². The fourth-order valence-corrected chi connectivity index (χ4v) is 2.23. The molecule has 1 rings (SSSR count). The molecule has 0 radical (unpaired) electrons. The van der Waals surface area contributed by atoms with E-state index in [0.717, 1.165) is 12.1 Å². The average molecular weight is 356 g/mol. The highest BCUT2D eigenvalue weighted by Gasteiger charge is 2.30. The Balaban J connectivity index is 2.68. The first-order chi connectivity index (χ1) is 11.8. The van der Waals surface area contributed by atoms with Gasteiger partial charge in [0.15, 0.2) is 0 Å². The summed E-state index contributed by atoms with van der Waals surface area (Å²) in [5.74, 6) is -1.20. The molecule has 1 N–H and O–H groups in total. The number of hydrogen-bond acceptors (Lipinski definition) is 4. The molecule has 25 heavy (non-hydrogen) atoms. The Hall–Kier alpha value is -2.56. The minimum atomic E-state index is -4.48. The maximum atomic E-state index is 12.7. The molecule has 0 aromatic heterocycles. The number of nitriles is 1. The van der Waals surface area contributed by atoms with Crippen molar-refractivity contribution in [3.63, 3.8) is 0 Å². The van der Waals surface area contributed by atoms with Gasteiger partial charge in [0.05, 0.1) is 25.2 Å². The second-order valence-corrected chi connectivity index (χ2v) is 5.42. The molecular formula is C17H19F3N2O3. The Kier molecular flexibility index (Phi) is 7.92. The van der Waals surface area contributed by atoms with Gasteiger partial charge in [-0.3, -0.25) is 4.79 Å². The van der Waals surface area contributed by atoms with Crippen LogP contribution >= 0.6 is 0 Å². The lowest BCUT2D eigenvalue weighted by Gasteiger charge is -2.16. The van der Waals surface area contributed by atoms with Crippen molar-refractivity contribution in [2.45, 2.75) is 44.3 Å². The summed E-state index contributed by atoms with van der Waals surface area (Å²) in [6.07, 6.45) is -3.02. The molecule has 0 bridgehead atoms. The third-order valence-corrected chi connectivity index (χ3v) is 3.47. The predicted octanol–water partition coefficient (Wildman–Crippen LogP) is 2.99. The zero-order chi connectivity index (χ0) is 18.9. The second kappa shape index (κ2) is 9.67. The summed E-state index contributed by atoms with van der Waals surface area (Å²) >= 11 is 0. The number of hydrogen-bond donors (Lipinski definition) is 1. The van der Waals surface area contributed by atoms with Crippen LogP contribution in [0.25, 0.3) is 0 Å². The predicted molar refractivity (Wildman–Crippen MR) is 83.2 cm³/mol.